The Morgan fingerprint density at radius 1 is 1.60 bits per heavy atom. The predicted octanol–water partition coefficient (Wildman–Crippen LogP) is 0.768. The molecule has 1 aliphatic heterocycles. The molecule has 1 amide bonds. The van der Waals surface area contributed by atoms with E-state index in [2.05, 4.69) is 0 Å². The zero-order chi connectivity index (χ0) is 11.3. The average molecular weight is 249 g/mol. The van der Waals surface area contributed by atoms with Crippen LogP contribution in [-0.2, 0) is 9.59 Å². The van der Waals surface area contributed by atoms with Gasteiger partial charge in [-0.1, -0.05) is 0 Å². The van der Waals surface area contributed by atoms with Crippen molar-refractivity contribution in [3.63, 3.8) is 0 Å². The van der Waals surface area contributed by atoms with Crippen LogP contribution < -0.4 is 0 Å². The Bertz CT molecular complexity index is 248. The lowest BCUT2D eigenvalue weighted by Gasteiger charge is -2.34. The van der Waals surface area contributed by atoms with Crippen molar-refractivity contribution < 1.29 is 14.7 Å². The molecule has 0 saturated carbocycles. The van der Waals surface area contributed by atoms with Gasteiger partial charge in [-0.05, 0) is 6.26 Å². The van der Waals surface area contributed by atoms with Gasteiger partial charge in [-0.15, -0.1) is 0 Å². The zero-order valence-electron chi connectivity index (χ0n) is 8.64. The van der Waals surface area contributed by atoms with Crippen molar-refractivity contribution in [3.8, 4) is 0 Å². The van der Waals surface area contributed by atoms with E-state index in [4.69, 9.17) is 5.11 Å². The summed E-state index contributed by atoms with van der Waals surface area (Å²) >= 11 is 3.20. The molecule has 1 unspecified atom stereocenters. The molecule has 1 rings (SSSR count). The molecule has 0 spiro atoms. The van der Waals surface area contributed by atoms with Gasteiger partial charge in [0, 0.05) is 18.1 Å². The summed E-state index contributed by atoms with van der Waals surface area (Å²) in [6, 6.07) is -0.124. The molecular formula is C9H15NO3S2. The van der Waals surface area contributed by atoms with Gasteiger partial charge in [-0.25, -0.2) is 0 Å². The van der Waals surface area contributed by atoms with Crippen molar-refractivity contribution in [2.75, 3.05) is 30.1 Å². The van der Waals surface area contributed by atoms with Crippen LogP contribution in [0.2, 0.25) is 0 Å². The van der Waals surface area contributed by atoms with E-state index in [9.17, 15) is 9.59 Å². The topological polar surface area (TPSA) is 57.6 Å². The number of hydrogen-bond acceptors (Lipinski definition) is 4. The molecule has 1 heterocycles. The molecule has 0 aromatic rings. The number of thioether (sulfide) groups is 2. The Morgan fingerprint density at radius 2 is 2.33 bits per heavy atom. The summed E-state index contributed by atoms with van der Waals surface area (Å²) in [6.07, 6.45) is 1.94. The Hall–Kier alpha value is -0.360. The van der Waals surface area contributed by atoms with Crippen LogP contribution in [0, 0.1) is 0 Å². The number of carboxylic acid groups (broad SMARTS) is 1. The normalized spacial score (nSPS) is 21.4. The van der Waals surface area contributed by atoms with Gasteiger partial charge in [-0.3, -0.25) is 9.59 Å². The van der Waals surface area contributed by atoms with E-state index in [0.717, 1.165) is 11.5 Å². The number of nitrogens with zero attached hydrogens (tertiary/aromatic N) is 1. The molecule has 1 saturated heterocycles. The number of rotatable bonds is 4. The molecule has 1 fully saturated rings. The first-order valence-corrected chi connectivity index (χ1v) is 7.28. The SMILES string of the molecule is CSCC(=O)N1CCSCC1CC(=O)O. The van der Waals surface area contributed by atoms with Crippen molar-refractivity contribution in [2.24, 2.45) is 0 Å². The molecule has 4 nitrogen and oxygen atoms in total. The van der Waals surface area contributed by atoms with E-state index in [1.54, 1.807) is 16.7 Å². The van der Waals surface area contributed by atoms with Gasteiger partial charge in [0.2, 0.25) is 5.91 Å². The Balaban J connectivity index is 2.56. The van der Waals surface area contributed by atoms with E-state index in [0.29, 0.717) is 12.3 Å². The van der Waals surface area contributed by atoms with Gasteiger partial charge >= 0.3 is 5.97 Å². The third-order valence-corrected chi connectivity index (χ3v) is 3.85. The van der Waals surface area contributed by atoms with Crippen LogP contribution in [0.4, 0.5) is 0 Å². The molecule has 0 aliphatic carbocycles. The largest absolute Gasteiger partial charge is 0.481 e. The minimum atomic E-state index is -0.829. The number of hydrogen-bond donors (Lipinski definition) is 1. The number of carbonyl (C=O) groups excluding carboxylic acids is 1. The average Bonchev–Trinajstić information content (AvgIpc) is 2.18. The molecule has 1 atom stereocenters. The highest BCUT2D eigenvalue weighted by Crippen LogP contribution is 2.19. The first-order chi connectivity index (χ1) is 7.15. The second-order valence-electron chi connectivity index (χ2n) is 3.35. The summed E-state index contributed by atoms with van der Waals surface area (Å²) in [5.41, 5.74) is 0. The summed E-state index contributed by atoms with van der Waals surface area (Å²) in [5.74, 6) is 1.34. The lowest BCUT2D eigenvalue weighted by atomic mass is 10.2. The third-order valence-electron chi connectivity index (χ3n) is 2.23. The van der Waals surface area contributed by atoms with Crippen LogP contribution in [0.5, 0.6) is 0 Å². The second kappa shape index (κ2) is 6.27. The van der Waals surface area contributed by atoms with Crippen LogP contribution in [0.1, 0.15) is 6.42 Å². The maximum Gasteiger partial charge on any atom is 0.305 e. The van der Waals surface area contributed by atoms with E-state index < -0.39 is 5.97 Å². The summed E-state index contributed by atoms with van der Waals surface area (Å²) in [4.78, 5) is 24.1. The van der Waals surface area contributed by atoms with E-state index in [1.165, 1.54) is 11.8 Å². The minimum Gasteiger partial charge on any atom is -0.481 e. The third kappa shape index (κ3) is 3.95. The molecule has 6 heteroatoms. The van der Waals surface area contributed by atoms with Gasteiger partial charge in [0.15, 0.2) is 0 Å². The van der Waals surface area contributed by atoms with Gasteiger partial charge in [0.05, 0.1) is 18.2 Å². The van der Waals surface area contributed by atoms with Crippen LogP contribution in [-0.4, -0.2) is 58.0 Å². The summed E-state index contributed by atoms with van der Waals surface area (Å²) < 4.78 is 0. The lowest BCUT2D eigenvalue weighted by Crippen LogP contribution is -2.47. The molecule has 86 valence electrons. The summed E-state index contributed by atoms with van der Waals surface area (Å²) in [6.45, 7) is 0.683. The standard InChI is InChI=1S/C9H15NO3S2/c1-14-6-8(11)10-2-3-15-5-7(10)4-9(12)13/h7H,2-6H2,1H3,(H,12,13). The van der Waals surface area contributed by atoms with Gasteiger partial charge in [0.25, 0.3) is 0 Å². The Morgan fingerprint density at radius 3 is 2.93 bits per heavy atom. The van der Waals surface area contributed by atoms with Crippen molar-refractivity contribution in [1.82, 2.24) is 4.90 Å². The smallest absolute Gasteiger partial charge is 0.305 e. The summed E-state index contributed by atoms with van der Waals surface area (Å²) in [7, 11) is 0. The fraction of sp³-hybridized carbons (Fsp3) is 0.778. The molecule has 0 bridgehead atoms. The van der Waals surface area contributed by atoms with Crippen molar-refractivity contribution >= 4 is 35.4 Å². The molecule has 0 aromatic heterocycles. The molecule has 0 radical (unpaired) electrons. The van der Waals surface area contributed by atoms with Gasteiger partial charge < -0.3 is 10.0 Å². The Kier molecular flexibility index (Phi) is 5.31. The molecule has 1 aliphatic rings. The fourth-order valence-electron chi connectivity index (χ4n) is 1.56. The highest BCUT2D eigenvalue weighted by atomic mass is 32.2. The van der Waals surface area contributed by atoms with Gasteiger partial charge in [0.1, 0.15) is 0 Å². The molecule has 1 N–H and O–H groups in total. The van der Waals surface area contributed by atoms with Crippen molar-refractivity contribution in [2.45, 2.75) is 12.5 Å². The van der Waals surface area contributed by atoms with Crippen molar-refractivity contribution in [1.29, 1.82) is 0 Å². The first-order valence-electron chi connectivity index (χ1n) is 4.73. The number of amides is 1. The number of carboxylic acids is 1. The number of aliphatic carboxylic acids is 1. The first kappa shape index (κ1) is 12.7. The highest BCUT2D eigenvalue weighted by Gasteiger charge is 2.28. The van der Waals surface area contributed by atoms with Gasteiger partial charge in [-0.2, -0.15) is 23.5 Å². The van der Waals surface area contributed by atoms with E-state index >= 15 is 0 Å². The van der Waals surface area contributed by atoms with Crippen LogP contribution in [0.3, 0.4) is 0 Å². The zero-order valence-corrected chi connectivity index (χ0v) is 10.3. The molecular weight excluding hydrogens is 234 g/mol. The van der Waals surface area contributed by atoms with E-state index in [-0.39, 0.29) is 18.4 Å². The van der Waals surface area contributed by atoms with Crippen LogP contribution >= 0.6 is 23.5 Å². The monoisotopic (exact) mass is 249 g/mol. The van der Waals surface area contributed by atoms with Crippen LogP contribution in [0.15, 0.2) is 0 Å². The summed E-state index contributed by atoms with van der Waals surface area (Å²) in [5, 5.41) is 8.74. The molecule has 0 aromatic carbocycles. The fourth-order valence-corrected chi connectivity index (χ4v) is 3.04. The van der Waals surface area contributed by atoms with E-state index in [1.807, 2.05) is 6.26 Å². The minimum absolute atomic E-state index is 0.0626. The second-order valence-corrected chi connectivity index (χ2v) is 5.36. The Labute approximate surface area is 97.8 Å². The maximum atomic E-state index is 11.7. The quantitative estimate of drug-likeness (QED) is 0.797. The predicted molar refractivity (Wildman–Crippen MR) is 63.5 cm³/mol. The lowest BCUT2D eigenvalue weighted by molar-refractivity contribution is -0.139. The van der Waals surface area contributed by atoms with Crippen LogP contribution in [0.25, 0.3) is 0 Å². The number of carbonyl (C=O) groups is 2. The molecule has 15 heavy (non-hydrogen) atoms. The van der Waals surface area contributed by atoms with Crippen molar-refractivity contribution in [3.05, 3.63) is 0 Å². The maximum absolute atomic E-state index is 11.7. The highest BCUT2D eigenvalue weighted by molar-refractivity contribution is 7.99.